The maximum Gasteiger partial charge on any atom is 0.166 e. The van der Waals surface area contributed by atoms with E-state index in [2.05, 4.69) is 26.0 Å². The van der Waals surface area contributed by atoms with Crippen molar-refractivity contribution in [2.75, 3.05) is 6.61 Å². The topological polar surface area (TPSA) is 18.5 Å². The highest BCUT2D eigenvalue weighted by Crippen LogP contribution is 2.36. The van der Waals surface area contributed by atoms with Gasteiger partial charge in [-0.3, -0.25) is 0 Å². The summed E-state index contributed by atoms with van der Waals surface area (Å²) in [7, 11) is 0. The lowest BCUT2D eigenvalue weighted by Gasteiger charge is -2.23. The van der Waals surface area contributed by atoms with Gasteiger partial charge in [0, 0.05) is 6.42 Å². The van der Waals surface area contributed by atoms with Crippen molar-refractivity contribution in [3.63, 3.8) is 0 Å². The Labute approximate surface area is 104 Å². The molecule has 2 atom stereocenters. The Bertz CT molecular complexity index is 336. The molecule has 0 aromatic heterocycles. The molecule has 17 heavy (non-hydrogen) atoms. The summed E-state index contributed by atoms with van der Waals surface area (Å²) in [5.41, 5.74) is 1.21. The highest BCUT2D eigenvalue weighted by Gasteiger charge is 2.37. The van der Waals surface area contributed by atoms with Gasteiger partial charge in [-0.15, -0.1) is 0 Å². The summed E-state index contributed by atoms with van der Waals surface area (Å²) >= 11 is 0. The van der Waals surface area contributed by atoms with E-state index >= 15 is 0 Å². The molecule has 1 fully saturated rings. The highest BCUT2D eigenvalue weighted by molar-refractivity contribution is 5.18. The summed E-state index contributed by atoms with van der Waals surface area (Å²) in [6.07, 6.45) is 4.75. The first-order valence-electron chi connectivity index (χ1n) is 6.60. The smallest absolute Gasteiger partial charge is 0.166 e. The Morgan fingerprint density at radius 3 is 2.71 bits per heavy atom. The standard InChI is InChI=1S/C15H22O2/c1-3-4-8-11-15(2)16-12-14(17-15)13-9-6-5-7-10-13/h5-7,9-10,14H,3-4,8,11-12H2,1-2H3/t14-,15+/m1/s1. The van der Waals surface area contributed by atoms with Crippen LogP contribution in [0, 0.1) is 0 Å². The molecule has 1 saturated heterocycles. The minimum Gasteiger partial charge on any atom is -0.347 e. The third kappa shape index (κ3) is 3.30. The van der Waals surface area contributed by atoms with E-state index in [1.807, 2.05) is 18.2 Å². The average Bonchev–Trinajstić information content (AvgIpc) is 2.74. The van der Waals surface area contributed by atoms with Gasteiger partial charge in [0.15, 0.2) is 5.79 Å². The van der Waals surface area contributed by atoms with Crippen LogP contribution in [0.25, 0.3) is 0 Å². The Hall–Kier alpha value is -0.860. The third-order valence-corrected chi connectivity index (χ3v) is 3.34. The number of rotatable bonds is 5. The lowest BCUT2D eigenvalue weighted by molar-refractivity contribution is -0.159. The molecule has 0 spiro atoms. The third-order valence-electron chi connectivity index (χ3n) is 3.34. The van der Waals surface area contributed by atoms with Crippen LogP contribution in [0.1, 0.15) is 51.2 Å². The molecule has 0 saturated carbocycles. The van der Waals surface area contributed by atoms with Crippen LogP contribution in [0.2, 0.25) is 0 Å². The van der Waals surface area contributed by atoms with Gasteiger partial charge in [-0.1, -0.05) is 50.1 Å². The second kappa shape index (κ2) is 5.65. The van der Waals surface area contributed by atoms with Gasteiger partial charge in [0.1, 0.15) is 6.10 Å². The number of benzene rings is 1. The average molecular weight is 234 g/mol. The van der Waals surface area contributed by atoms with E-state index in [1.54, 1.807) is 0 Å². The fraction of sp³-hybridized carbons (Fsp3) is 0.600. The fourth-order valence-electron chi connectivity index (χ4n) is 2.28. The Morgan fingerprint density at radius 1 is 1.24 bits per heavy atom. The predicted octanol–water partition coefficient (Wildman–Crippen LogP) is 4.07. The zero-order chi connectivity index (χ0) is 12.1. The number of unbranched alkanes of at least 4 members (excludes halogenated alkanes) is 2. The number of hydrogen-bond donors (Lipinski definition) is 0. The highest BCUT2D eigenvalue weighted by atomic mass is 16.7. The molecular formula is C15H22O2. The quantitative estimate of drug-likeness (QED) is 0.715. The first-order chi connectivity index (χ1) is 8.23. The number of ether oxygens (including phenoxy) is 2. The van der Waals surface area contributed by atoms with E-state index in [0.717, 1.165) is 6.42 Å². The molecule has 2 heteroatoms. The second-order valence-electron chi connectivity index (χ2n) is 4.92. The van der Waals surface area contributed by atoms with Crippen molar-refractivity contribution in [3.8, 4) is 0 Å². The lowest BCUT2D eigenvalue weighted by atomic mass is 10.1. The summed E-state index contributed by atoms with van der Waals surface area (Å²) in [4.78, 5) is 0. The monoisotopic (exact) mass is 234 g/mol. The summed E-state index contributed by atoms with van der Waals surface area (Å²) < 4.78 is 11.9. The largest absolute Gasteiger partial charge is 0.347 e. The lowest BCUT2D eigenvalue weighted by Crippen LogP contribution is -2.25. The van der Waals surface area contributed by atoms with Crippen LogP contribution >= 0.6 is 0 Å². The van der Waals surface area contributed by atoms with Gasteiger partial charge in [0.2, 0.25) is 0 Å². The zero-order valence-electron chi connectivity index (χ0n) is 10.8. The fourth-order valence-corrected chi connectivity index (χ4v) is 2.28. The van der Waals surface area contributed by atoms with Gasteiger partial charge in [-0.2, -0.15) is 0 Å². The normalized spacial score (nSPS) is 28.5. The van der Waals surface area contributed by atoms with Gasteiger partial charge >= 0.3 is 0 Å². The molecule has 94 valence electrons. The molecule has 1 aromatic carbocycles. The van der Waals surface area contributed by atoms with E-state index in [9.17, 15) is 0 Å². The van der Waals surface area contributed by atoms with E-state index < -0.39 is 0 Å². The van der Waals surface area contributed by atoms with Gasteiger partial charge in [-0.25, -0.2) is 0 Å². The van der Waals surface area contributed by atoms with Crippen LogP contribution < -0.4 is 0 Å². The SMILES string of the molecule is CCCCC[C@@]1(C)OC[C@H](c2ccccc2)O1. The van der Waals surface area contributed by atoms with E-state index in [4.69, 9.17) is 9.47 Å². The molecule has 1 aromatic rings. The first-order valence-corrected chi connectivity index (χ1v) is 6.60. The Morgan fingerprint density at radius 2 is 2.00 bits per heavy atom. The van der Waals surface area contributed by atoms with Crippen molar-refractivity contribution < 1.29 is 9.47 Å². The van der Waals surface area contributed by atoms with Gasteiger partial charge < -0.3 is 9.47 Å². The van der Waals surface area contributed by atoms with E-state index in [1.165, 1.54) is 24.8 Å². The van der Waals surface area contributed by atoms with Crippen LogP contribution in [0.15, 0.2) is 30.3 Å². The maximum atomic E-state index is 6.06. The summed E-state index contributed by atoms with van der Waals surface area (Å²) in [6, 6.07) is 10.3. The molecule has 2 nitrogen and oxygen atoms in total. The molecule has 0 amide bonds. The van der Waals surface area contributed by atoms with E-state index in [-0.39, 0.29) is 11.9 Å². The molecular weight excluding hydrogens is 212 g/mol. The van der Waals surface area contributed by atoms with Crippen molar-refractivity contribution >= 4 is 0 Å². The van der Waals surface area contributed by atoms with Crippen molar-refractivity contribution in [1.82, 2.24) is 0 Å². The Kier molecular flexibility index (Phi) is 4.19. The summed E-state index contributed by atoms with van der Waals surface area (Å²) in [5.74, 6) is -0.379. The van der Waals surface area contributed by atoms with Crippen LogP contribution in [0.5, 0.6) is 0 Å². The number of hydrogen-bond acceptors (Lipinski definition) is 2. The van der Waals surface area contributed by atoms with Gasteiger partial charge in [0.05, 0.1) is 6.61 Å². The summed E-state index contributed by atoms with van der Waals surface area (Å²) in [5, 5.41) is 0. The van der Waals surface area contributed by atoms with Crippen LogP contribution in [0.4, 0.5) is 0 Å². The Balaban J connectivity index is 1.90. The van der Waals surface area contributed by atoms with Crippen molar-refractivity contribution in [3.05, 3.63) is 35.9 Å². The second-order valence-corrected chi connectivity index (χ2v) is 4.92. The molecule has 0 unspecified atom stereocenters. The predicted molar refractivity (Wildman–Crippen MR) is 68.8 cm³/mol. The molecule has 1 heterocycles. The molecule has 2 rings (SSSR count). The molecule has 0 radical (unpaired) electrons. The van der Waals surface area contributed by atoms with Crippen LogP contribution in [0.3, 0.4) is 0 Å². The van der Waals surface area contributed by atoms with Crippen molar-refractivity contribution in [2.24, 2.45) is 0 Å². The molecule has 0 aliphatic carbocycles. The van der Waals surface area contributed by atoms with Crippen molar-refractivity contribution in [1.29, 1.82) is 0 Å². The van der Waals surface area contributed by atoms with Gasteiger partial charge in [0.25, 0.3) is 0 Å². The van der Waals surface area contributed by atoms with Crippen LogP contribution in [-0.2, 0) is 9.47 Å². The molecule has 1 aliphatic heterocycles. The molecule has 0 bridgehead atoms. The van der Waals surface area contributed by atoms with Gasteiger partial charge in [-0.05, 0) is 18.9 Å². The van der Waals surface area contributed by atoms with Crippen LogP contribution in [-0.4, -0.2) is 12.4 Å². The zero-order valence-corrected chi connectivity index (χ0v) is 10.8. The van der Waals surface area contributed by atoms with Crippen molar-refractivity contribution in [2.45, 2.75) is 51.4 Å². The summed E-state index contributed by atoms with van der Waals surface area (Å²) in [6.45, 7) is 4.95. The maximum absolute atomic E-state index is 6.06. The minimum absolute atomic E-state index is 0.0998. The van der Waals surface area contributed by atoms with E-state index in [0.29, 0.717) is 6.61 Å². The molecule has 0 N–H and O–H groups in total. The molecule has 1 aliphatic rings. The minimum atomic E-state index is -0.379. The first kappa shape index (κ1) is 12.6.